The second kappa shape index (κ2) is 7.85. The lowest BCUT2D eigenvalue weighted by Crippen LogP contribution is -2.44. The van der Waals surface area contributed by atoms with Gasteiger partial charge in [0.25, 0.3) is 5.91 Å². The number of fused-ring (bicyclic) bond motifs is 1. The zero-order valence-electron chi connectivity index (χ0n) is 17.9. The van der Waals surface area contributed by atoms with Crippen molar-refractivity contribution < 1.29 is 23.9 Å². The SMILES string of the molecule is CC1(c2ccccc2)NC(=O)N(CC(=O)N2CCCC2c2ccc3c(c2)OCCO3)C1=O. The van der Waals surface area contributed by atoms with Crippen molar-refractivity contribution in [3.63, 3.8) is 0 Å². The maximum absolute atomic E-state index is 13.2. The van der Waals surface area contributed by atoms with Gasteiger partial charge in [0.1, 0.15) is 25.3 Å². The standard InChI is InChI=1S/C24H25N3O5/c1-24(17-6-3-2-4-7-17)22(29)27(23(30)25-24)15-21(28)26-11-5-8-18(26)16-9-10-19-20(14-16)32-13-12-31-19/h2-4,6-7,9-10,14,18H,5,8,11-13,15H2,1H3,(H,25,30). The quantitative estimate of drug-likeness (QED) is 0.746. The molecule has 0 aromatic heterocycles. The minimum atomic E-state index is -1.18. The molecule has 32 heavy (non-hydrogen) atoms. The third kappa shape index (κ3) is 3.36. The summed E-state index contributed by atoms with van der Waals surface area (Å²) in [6, 6.07) is 14.1. The molecule has 0 saturated carbocycles. The number of nitrogens with zero attached hydrogens (tertiary/aromatic N) is 2. The molecule has 0 spiro atoms. The van der Waals surface area contributed by atoms with E-state index in [0.717, 1.165) is 23.3 Å². The lowest BCUT2D eigenvalue weighted by Gasteiger charge is -2.28. The highest BCUT2D eigenvalue weighted by Gasteiger charge is 2.50. The largest absolute Gasteiger partial charge is 0.486 e. The van der Waals surface area contributed by atoms with Crippen LogP contribution in [0.2, 0.25) is 0 Å². The summed E-state index contributed by atoms with van der Waals surface area (Å²) < 4.78 is 11.3. The zero-order valence-corrected chi connectivity index (χ0v) is 17.9. The molecular weight excluding hydrogens is 410 g/mol. The molecule has 2 aromatic carbocycles. The Hall–Kier alpha value is -3.55. The van der Waals surface area contributed by atoms with Gasteiger partial charge in [0.05, 0.1) is 6.04 Å². The monoisotopic (exact) mass is 435 g/mol. The zero-order chi connectivity index (χ0) is 22.3. The summed E-state index contributed by atoms with van der Waals surface area (Å²) in [5, 5.41) is 2.76. The molecular formula is C24H25N3O5. The molecule has 166 valence electrons. The fraction of sp³-hybridized carbons (Fsp3) is 0.375. The fourth-order valence-corrected chi connectivity index (χ4v) is 4.71. The summed E-state index contributed by atoms with van der Waals surface area (Å²) in [6.45, 7) is 2.98. The van der Waals surface area contributed by atoms with Gasteiger partial charge < -0.3 is 19.7 Å². The van der Waals surface area contributed by atoms with Crippen molar-refractivity contribution in [3.05, 3.63) is 59.7 Å². The lowest BCUT2D eigenvalue weighted by molar-refractivity contribution is -0.139. The number of nitrogens with one attached hydrogen (secondary N) is 1. The van der Waals surface area contributed by atoms with Gasteiger partial charge in [0.15, 0.2) is 11.5 Å². The van der Waals surface area contributed by atoms with Crippen molar-refractivity contribution in [2.24, 2.45) is 0 Å². The van der Waals surface area contributed by atoms with Crippen molar-refractivity contribution in [1.82, 2.24) is 15.1 Å². The molecule has 8 nitrogen and oxygen atoms in total. The van der Waals surface area contributed by atoms with Gasteiger partial charge in [-0.05, 0) is 43.0 Å². The summed E-state index contributed by atoms with van der Waals surface area (Å²) in [7, 11) is 0. The first-order valence-electron chi connectivity index (χ1n) is 10.9. The molecule has 0 radical (unpaired) electrons. The molecule has 8 heteroatoms. The molecule has 4 amide bonds. The normalized spacial score (nSPS) is 24.6. The Balaban J connectivity index is 1.33. The third-order valence-corrected chi connectivity index (χ3v) is 6.44. The van der Waals surface area contributed by atoms with Crippen LogP contribution in [-0.2, 0) is 15.1 Å². The highest BCUT2D eigenvalue weighted by atomic mass is 16.6. The molecule has 2 unspecified atom stereocenters. The van der Waals surface area contributed by atoms with Gasteiger partial charge in [-0.25, -0.2) is 4.79 Å². The second-order valence-electron chi connectivity index (χ2n) is 8.46. The minimum absolute atomic E-state index is 0.125. The van der Waals surface area contributed by atoms with E-state index in [4.69, 9.17) is 9.47 Å². The van der Waals surface area contributed by atoms with Crippen LogP contribution in [0, 0.1) is 0 Å². The fourth-order valence-electron chi connectivity index (χ4n) is 4.71. The summed E-state index contributed by atoms with van der Waals surface area (Å²) in [5.41, 5.74) is 0.467. The summed E-state index contributed by atoms with van der Waals surface area (Å²) in [5.74, 6) is 0.719. The number of ether oxygens (including phenoxy) is 2. The van der Waals surface area contributed by atoms with Crippen LogP contribution in [0.25, 0.3) is 0 Å². The van der Waals surface area contributed by atoms with Crippen molar-refractivity contribution in [2.75, 3.05) is 26.3 Å². The molecule has 2 atom stereocenters. The summed E-state index contributed by atoms with van der Waals surface area (Å²) in [6.07, 6.45) is 1.67. The highest BCUT2D eigenvalue weighted by Crippen LogP contribution is 2.38. The van der Waals surface area contributed by atoms with Gasteiger partial charge in [0.2, 0.25) is 5.91 Å². The van der Waals surface area contributed by atoms with E-state index in [-0.39, 0.29) is 18.5 Å². The molecule has 5 rings (SSSR count). The maximum atomic E-state index is 13.2. The predicted molar refractivity (Wildman–Crippen MR) is 115 cm³/mol. The van der Waals surface area contributed by atoms with E-state index in [1.54, 1.807) is 24.0 Å². The Morgan fingerprint density at radius 3 is 2.62 bits per heavy atom. The van der Waals surface area contributed by atoms with Crippen molar-refractivity contribution in [1.29, 1.82) is 0 Å². The van der Waals surface area contributed by atoms with Gasteiger partial charge in [0, 0.05) is 6.54 Å². The van der Waals surface area contributed by atoms with E-state index in [2.05, 4.69) is 5.32 Å². The first-order valence-corrected chi connectivity index (χ1v) is 10.9. The second-order valence-corrected chi connectivity index (χ2v) is 8.46. The van der Waals surface area contributed by atoms with E-state index in [0.29, 0.717) is 36.8 Å². The first kappa shape index (κ1) is 20.4. The maximum Gasteiger partial charge on any atom is 0.325 e. The van der Waals surface area contributed by atoms with Gasteiger partial charge >= 0.3 is 6.03 Å². The molecule has 2 saturated heterocycles. The van der Waals surface area contributed by atoms with Crippen LogP contribution in [0.5, 0.6) is 11.5 Å². The number of imide groups is 1. The highest BCUT2D eigenvalue weighted by molar-refractivity contribution is 6.09. The Labute approximate surface area is 186 Å². The first-order chi connectivity index (χ1) is 15.5. The van der Waals surface area contributed by atoms with Crippen LogP contribution in [0.3, 0.4) is 0 Å². The number of urea groups is 1. The van der Waals surface area contributed by atoms with Crippen LogP contribution in [0.1, 0.15) is 36.9 Å². The average molecular weight is 435 g/mol. The Morgan fingerprint density at radius 1 is 1.09 bits per heavy atom. The number of rotatable bonds is 4. The molecule has 0 bridgehead atoms. The molecule has 1 N–H and O–H groups in total. The minimum Gasteiger partial charge on any atom is -0.486 e. The van der Waals surface area contributed by atoms with Gasteiger partial charge in [-0.3, -0.25) is 14.5 Å². The van der Waals surface area contributed by atoms with E-state index >= 15 is 0 Å². The van der Waals surface area contributed by atoms with Crippen LogP contribution < -0.4 is 14.8 Å². The lowest BCUT2D eigenvalue weighted by atomic mass is 9.92. The number of carbonyl (C=O) groups is 3. The molecule has 2 aromatic rings. The number of carbonyl (C=O) groups excluding carboxylic acids is 3. The predicted octanol–water partition coefficient (Wildman–Crippen LogP) is 2.59. The van der Waals surface area contributed by atoms with Crippen LogP contribution in [0.4, 0.5) is 4.79 Å². The van der Waals surface area contributed by atoms with Gasteiger partial charge in [-0.1, -0.05) is 36.4 Å². The molecule has 0 aliphatic carbocycles. The van der Waals surface area contributed by atoms with Crippen molar-refractivity contribution in [3.8, 4) is 11.5 Å². The summed E-state index contributed by atoms with van der Waals surface area (Å²) in [4.78, 5) is 41.8. The van der Waals surface area contributed by atoms with Crippen LogP contribution in [-0.4, -0.2) is 53.9 Å². The summed E-state index contributed by atoms with van der Waals surface area (Å²) >= 11 is 0. The molecule has 3 aliphatic rings. The van der Waals surface area contributed by atoms with E-state index in [9.17, 15) is 14.4 Å². The number of benzene rings is 2. The van der Waals surface area contributed by atoms with E-state index < -0.39 is 17.5 Å². The van der Waals surface area contributed by atoms with E-state index in [1.165, 1.54) is 0 Å². The number of hydrogen-bond acceptors (Lipinski definition) is 5. The van der Waals surface area contributed by atoms with Gasteiger partial charge in [-0.2, -0.15) is 0 Å². The topological polar surface area (TPSA) is 88.2 Å². The molecule has 3 aliphatic heterocycles. The third-order valence-electron chi connectivity index (χ3n) is 6.44. The molecule has 3 heterocycles. The average Bonchev–Trinajstić information content (AvgIpc) is 3.39. The van der Waals surface area contributed by atoms with E-state index in [1.807, 2.05) is 36.4 Å². The van der Waals surface area contributed by atoms with Crippen molar-refractivity contribution in [2.45, 2.75) is 31.3 Å². The molecule has 2 fully saturated rings. The Morgan fingerprint density at radius 2 is 1.84 bits per heavy atom. The van der Waals surface area contributed by atoms with Gasteiger partial charge in [-0.15, -0.1) is 0 Å². The smallest absolute Gasteiger partial charge is 0.325 e. The number of likely N-dealkylation sites (tertiary alicyclic amines) is 1. The van der Waals surface area contributed by atoms with Crippen molar-refractivity contribution >= 4 is 17.8 Å². The van der Waals surface area contributed by atoms with Crippen LogP contribution >= 0.6 is 0 Å². The number of amides is 4. The Bertz CT molecular complexity index is 1070. The Kier molecular flexibility index (Phi) is 5.00. The number of hydrogen-bond donors (Lipinski definition) is 1. The van der Waals surface area contributed by atoms with Crippen LogP contribution in [0.15, 0.2) is 48.5 Å².